The Morgan fingerprint density at radius 3 is 2.94 bits per heavy atom. The molecule has 0 spiro atoms. The van der Waals surface area contributed by atoms with Crippen LogP contribution in [0.5, 0.6) is 5.75 Å². The third kappa shape index (κ3) is 2.59. The van der Waals surface area contributed by atoms with E-state index in [1.54, 1.807) is 25.1 Å². The zero-order valence-corrected chi connectivity index (χ0v) is 11.1. The summed E-state index contributed by atoms with van der Waals surface area (Å²) in [6.07, 6.45) is 1.46. The summed E-state index contributed by atoms with van der Waals surface area (Å²) < 4.78 is 2.12. The van der Waals surface area contributed by atoms with Gasteiger partial charge in [0.25, 0.3) is 5.95 Å². The molecule has 0 fully saturated rings. The average Bonchev–Trinajstić information content (AvgIpc) is 2.65. The van der Waals surface area contributed by atoms with Crippen LogP contribution in [0.2, 0.25) is 0 Å². The molecule has 0 aliphatic carbocycles. The monoisotopic (exact) mass is 310 g/mol. The number of hydrazone groups is 1. The average molecular weight is 311 g/mol. The molecule has 0 atom stereocenters. The molecule has 0 saturated carbocycles. The van der Waals surface area contributed by atoms with Crippen molar-refractivity contribution in [2.24, 2.45) is 5.10 Å². The van der Waals surface area contributed by atoms with Gasteiger partial charge in [-0.15, -0.1) is 10.2 Å². The number of nitrogens with zero attached hydrogens (tertiary/aromatic N) is 4. The summed E-state index contributed by atoms with van der Waals surface area (Å²) in [5.74, 6) is 6.65. The van der Waals surface area contributed by atoms with E-state index in [9.17, 15) is 5.11 Å². The summed E-state index contributed by atoms with van der Waals surface area (Å²) in [6.45, 7) is 1.72. The van der Waals surface area contributed by atoms with E-state index < -0.39 is 0 Å². The smallest absolute Gasteiger partial charge is 0.263 e. The van der Waals surface area contributed by atoms with Gasteiger partial charge in [-0.3, -0.25) is 0 Å². The molecule has 8 heteroatoms. The molecule has 0 radical (unpaired) electrons. The van der Waals surface area contributed by atoms with E-state index in [-0.39, 0.29) is 5.75 Å². The highest BCUT2D eigenvalue weighted by molar-refractivity contribution is 9.10. The maximum Gasteiger partial charge on any atom is 0.263 e. The molecular formula is C10H11BrN6O. The van der Waals surface area contributed by atoms with Crippen molar-refractivity contribution in [2.75, 3.05) is 11.3 Å². The third-order valence-electron chi connectivity index (χ3n) is 2.22. The van der Waals surface area contributed by atoms with Gasteiger partial charge < -0.3 is 10.9 Å². The Kier molecular flexibility index (Phi) is 3.47. The zero-order chi connectivity index (χ0) is 13.1. The molecule has 1 aromatic carbocycles. The highest BCUT2D eigenvalue weighted by Gasteiger charge is 2.03. The standard InChI is InChI=1S/C10H11BrN6O/c1-6-14-16-10(17(6)12)15-13-5-7-4-8(11)2-3-9(7)18/h2-5,18H,12H2,1H3,(H,15,16)/b13-5-. The summed E-state index contributed by atoms with van der Waals surface area (Å²) >= 11 is 3.31. The molecule has 0 bridgehead atoms. The largest absolute Gasteiger partial charge is 0.507 e. The Bertz CT molecular complexity index is 594. The van der Waals surface area contributed by atoms with Crippen LogP contribution in [-0.4, -0.2) is 26.2 Å². The predicted molar refractivity (Wildman–Crippen MR) is 71.9 cm³/mol. The maximum absolute atomic E-state index is 9.59. The van der Waals surface area contributed by atoms with Gasteiger partial charge in [0, 0.05) is 10.0 Å². The van der Waals surface area contributed by atoms with Gasteiger partial charge in [0.15, 0.2) is 5.82 Å². The first-order valence-electron chi connectivity index (χ1n) is 5.02. The van der Waals surface area contributed by atoms with Crippen LogP contribution in [-0.2, 0) is 0 Å². The fourth-order valence-corrected chi connectivity index (χ4v) is 1.61. The molecule has 0 aliphatic heterocycles. The molecule has 2 rings (SSSR count). The normalized spacial score (nSPS) is 11.0. The number of hydrogen-bond acceptors (Lipinski definition) is 6. The minimum Gasteiger partial charge on any atom is -0.507 e. The first-order valence-corrected chi connectivity index (χ1v) is 5.82. The summed E-state index contributed by atoms with van der Waals surface area (Å²) in [7, 11) is 0. The van der Waals surface area contributed by atoms with Crippen molar-refractivity contribution in [3.8, 4) is 5.75 Å². The Balaban J connectivity index is 2.12. The lowest BCUT2D eigenvalue weighted by molar-refractivity contribution is 0.474. The second-order valence-corrected chi connectivity index (χ2v) is 4.43. The maximum atomic E-state index is 9.59. The number of rotatable bonds is 3. The van der Waals surface area contributed by atoms with Gasteiger partial charge in [-0.1, -0.05) is 15.9 Å². The van der Waals surface area contributed by atoms with E-state index in [0.717, 1.165) is 4.47 Å². The molecule has 18 heavy (non-hydrogen) atoms. The molecule has 94 valence electrons. The summed E-state index contributed by atoms with van der Waals surface area (Å²) in [4.78, 5) is 0. The number of aromatic hydroxyl groups is 1. The lowest BCUT2D eigenvalue weighted by Crippen LogP contribution is -2.13. The lowest BCUT2D eigenvalue weighted by Gasteiger charge is -2.01. The second kappa shape index (κ2) is 5.05. The topological polar surface area (TPSA) is 101 Å². The Morgan fingerprint density at radius 1 is 1.50 bits per heavy atom. The number of nitrogen functional groups attached to an aromatic ring is 1. The number of halogens is 1. The molecule has 0 unspecified atom stereocenters. The molecule has 7 nitrogen and oxygen atoms in total. The fourth-order valence-electron chi connectivity index (χ4n) is 1.23. The van der Waals surface area contributed by atoms with Crippen LogP contribution >= 0.6 is 15.9 Å². The summed E-state index contributed by atoms with van der Waals surface area (Å²) in [5, 5.41) is 21.1. The van der Waals surface area contributed by atoms with Crippen molar-refractivity contribution < 1.29 is 5.11 Å². The number of nitrogens with one attached hydrogen (secondary N) is 1. The molecule has 1 heterocycles. The number of aromatic nitrogens is 3. The van der Waals surface area contributed by atoms with Gasteiger partial charge in [0.1, 0.15) is 5.75 Å². The van der Waals surface area contributed by atoms with Crippen molar-refractivity contribution in [2.45, 2.75) is 6.92 Å². The van der Waals surface area contributed by atoms with Gasteiger partial charge in [-0.2, -0.15) is 5.10 Å². The first-order chi connectivity index (χ1) is 8.58. The van der Waals surface area contributed by atoms with E-state index in [1.807, 2.05) is 0 Å². The van der Waals surface area contributed by atoms with E-state index in [2.05, 4.69) is 36.7 Å². The van der Waals surface area contributed by atoms with Gasteiger partial charge >= 0.3 is 0 Å². The van der Waals surface area contributed by atoms with Crippen molar-refractivity contribution >= 4 is 28.1 Å². The highest BCUT2D eigenvalue weighted by Crippen LogP contribution is 2.20. The molecule has 0 aliphatic rings. The van der Waals surface area contributed by atoms with E-state index >= 15 is 0 Å². The number of benzene rings is 1. The van der Waals surface area contributed by atoms with Crippen LogP contribution in [0.4, 0.5) is 5.95 Å². The van der Waals surface area contributed by atoms with Crippen molar-refractivity contribution in [1.82, 2.24) is 14.9 Å². The summed E-state index contributed by atoms with van der Waals surface area (Å²) in [5.41, 5.74) is 3.20. The van der Waals surface area contributed by atoms with Crippen LogP contribution in [0.15, 0.2) is 27.8 Å². The van der Waals surface area contributed by atoms with Crippen molar-refractivity contribution in [3.05, 3.63) is 34.1 Å². The van der Waals surface area contributed by atoms with Crippen LogP contribution < -0.4 is 11.3 Å². The number of phenolic OH excluding ortho intramolecular Hbond substituents is 1. The number of hydrogen-bond donors (Lipinski definition) is 3. The quantitative estimate of drug-likeness (QED) is 0.449. The molecule has 0 saturated heterocycles. The Morgan fingerprint density at radius 2 is 2.28 bits per heavy atom. The van der Waals surface area contributed by atoms with Crippen LogP contribution in [0.1, 0.15) is 11.4 Å². The Labute approximate surface area is 111 Å². The molecular weight excluding hydrogens is 300 g/mol. The van der Waals surface area contributed by atoms with Crippen molar-refractivity contribution in [1.29, 1.82) is 0 Å². The molecule has 2 aromatic rings. The number of aryl methyl sites for hydroxylation is 1. The second-order valence-electron chi connectivity index (χ2n) is 3.51. The predicted octanol–water partition coefficient (Wildman–Crippen LogP) is 1.21. The van der Waals surface area contributed by atoms with Crippen LogP contribution in [0.3, 0.4) is 0 Å². The van der Waals surface area contributed by atoms with Gasteiger partial charge in [-0.25, -0.2) is 10.1 Å². The minimum atomic E-state index is 0.133. The molecule has 0 amide bonds. The minimum absolute atomic E-state index is 0.133. The zero-order valence-electron chi connectivity index (χ0n) is 9.50. The lowest BCUT2D eigenvalue weighted by atomic mass is 10.2. The van der Waals surface area contributed by atoms with E-state index in [0.29, 0.717) is 17.3 Å². The number of anilines is 1. The van der Waals surface area contributed by atoms with Crippen molar-refractivity contribution in [3.63, 3.8) is 0 Å². The molecule has 1 aromatic heterocycles. The van der Waals surface area contributed by atoms with Gasteiger partial charge in [-0.05, 0) is 25.1 Å². The SMILES string of the molecule is Cc1nnc(N/N=C\c2cc(Br)ccc2O)n1N. The van der Waals surface area contributed by atoms with E-state index in [1.165, 1.54) is 10.9 Å². The van der Waals surface area contributed by atoms with Crippen LogP contribution in [0, 0.1) is 6.92 Å². The third-order valence-corrected chi connectivity index (χ3v) is 2.72. The van der Waals surface area contributed by atoms with Crippen LogP contribution in [0.25, 0.3) is 0 Å². The number of nitrogens with two attached hydrogens (primary N) is 1. The first kappa shape index (κ1) is 12.4. The van der Waals surface area contributed by atoms with Gasteiger partial charge in [0.05, 0.1) is 6.21 Å². The summed E-state index contributed by atoms with van der Waals surface area (Å²) in [6, 6.07) is 5.04. The van der Waals surface area contributed by atoms with Gasteiger partial charge in [0.2, 0.25) is 0 Å². The molecule has 4 N–H and O–H groups in total. The highest BCUT2D eigenvalue weighted by atomic mass is 79.9. The fraction of sp³-hybridized carbons (Fsp3) is 0.100. The van der Waals surface area contributed by atoms with E-state index in [4.69, 9.17) is 5.84 Å². The number of phenols is 1. The Hall–Kier alpha value is -2.09.